The molecule has 1 N–H and O–H groups in total. The smallest absolute Gasteiger partial charge is 0.0991 e. The van der Waals surface area contributed by atoms with Crippen molar-refractivity contribution >= 4 is 16.7 Å². The monoisotopic (exact) mass is 356 g/mol. The topological polar surface area (TPSA) is 53.1 Å². The molecule has 0 saturated heterocycles. The Balaban J connectivity index is 1.37. The van der Waals surface area contributed by atoms with Gasteiger partial charge in [0, 0.05) is 29.6 Å². The van der Waals surface area contributed by atoms with Gasteiger partial charge in [-0.1, -0.05) is 24.3 Å². The van der Waals surface area contributed by atoms with E-state index in [-0.39, 0.29) is 6.04 Å². The number of nitrogens with zero attached hydrogens (tertiary/aromatic N) is 3. The maximum atomic E-state index is 9.27. The van der Waals surface area contributed by atoms with E-state index in [0.717, 1.165) is 43.6 Å². The fraction of sp³-hybridized carbons (Fsp3) is 0.391. The highest BCUT2D eigenvalue weighted by Crippen LogP contribution is 2.33. The van der Waals surface area contributed by atoms with Gasteiger partial charge in [-0.3, -0.25) is 4.99 Å². The van der Waals surface area contributed by atoms with Gasteiger partial charge in [0.25, 0.3) is 0 Å². The van der Waals surface area contributed by atoms with E-state index in [9.17, 15) is 5.26 Å². The van der Waals surface area contributed by atoms with Crippen LogP contribution in [-0.2, 0) is 19.4 Å². The summed E-state index contributed by atoms with van der Waals surface area (Å²) in [5, 5.41) is 14.1. The van der Waals surface area contributed by atoms with Crippen molar-refractivity contribution in [3.8, 4) is 6.07 Å². The van der Waals surface area contributed by atoms with Crippen molar-refractivity contribution in [2.75, 3.05) is 0 Å². The normalized spacial score (nSPS) is 22.9. The highest BCUT2D eigenvalue weighted by atomic mass is 15.1. The third-order valence-electron chi connectivity index (χ3n) is 6.05. The SMILES string of the molecule is N#Cc1ccc2c(c1)c1c(n2CCCC2=NC3C=CC=CC3N2)CCCC1. The van der Waals surface area contributed by atoms with Gasteiger partial charge in [-0.05, 0) is 55.9 Å². The number of aryl methyl sites for hydroxylation is 2. The average Bonchev–Trinajstić information content (AvgIpc) is 3.27. The zero-order valence-electron chi connectivity index (χ0n) is 15.5. The quantitative estimate of drug-likeness (QED) is 0.899. The van der Waals surface area contributed by atoms with Crippen molar-refractivity contribution in [1.29, 1.82) is 5.26 Å². The molecule has 0 bridgehead atoms. The van der Waals surface area contributed by atoms with Crippen molar-refractivity contribution in [1.82, 2.24) is 9.88 Å². The number of hydrogen-bond donors (Lipinski definition) is 1. The molecular weight excluding hydrogens is 332 g/mol. The van der Waals surface area contributed by atoms with Gasteiger partial charge in [0.05, 0.1) is 29.6 Å². The van der Waals surface area contributed by atoms with Crippen LogP contribution in [0.2, 0.25) is 0 Å². The molecule has 0 spiro atoms. The second-order valence-electron chi connectivity index (χ2n) is 7.74. The molecule has 5 rings (SSSR count). The Morgan fingerprint density at radius 1 is 1.19 bits per heavy atom. The van der Waals surface area contributed by atoms with Crippen LogP contribution in [-0.4, -0.2) is 22.5 Å². The van der Waals surface area contributed by atoms with Gasteiger partial charge in [0.1, 0.15) is 0 Å². The van der Waals surface area contributed by atoms with Crippen LogP contribution in [0.3, 0.4) is 0 Å². The number of nitriles is 1. The van der Waals surface area contributed by atoms with E-state index >= 15 is 0 Å². The maximum absolute atomic E-state index is 9.27. The molecule has 2 unspecified atom stereocenters. The van der Waals surface area contributed by atoms with E-state index in [1.54, 1.807) is 0 Å². The number of aromatic nitrogens is 1. The summed E-state index contributed by atoms with van der Waals surface area (Å²) in [4.78, 5) is 4.82. The molecule has 1 aromatic carbocycles. The van der Waals surface area contributed by atoms with Crippen LogP contribution in [0.5, 0.6) is 0 Å². The molecule has 136 valence electrons. The van der Waals surface area contributed by atoms with Crippen LogP contribution >= 0.6 is 0 Å². The Kier molecular flexibility index (Phi) is 4.09. The van der Waals surface area contributed by atoms with Gasteiger partial charge in [0.15, 0.2) is 0 Å². The molecule has 2 aromatic rings. The Hall–Kier alpha value is -2.80. The van der Waals surface area contributed by atoms with Crippen LogP contribution in [0.25, 0.3) is 10.9 Å². The fourth-order valence-electron chi connectivity index (χ4n) is 4.76. The summed E-state index contributed by atoms with van der Waals surface area (Å²) in [7, 11) is 0. The molecule has 0 radical (unpaired) electrons. The first-order valence-electron chi connectivity index (χ1n) is 10.1. The minimum Gasteiger partial charge on any atom is -0.365 e. The van der Waals surface area contributed by atoms with Crippen molar-refractivity contribution in [3.05, 3.63) is 59.3 Å². The molecule has 0 saturated carbocycles. The number of amidine groups is 1. The number of allylic oxidation sites excluding steroid dienone is 2. The summed E-state index contributed by atoms with van der Waals surface area (Å²) in [6.07, 6.45) is 15.4. The molecule has 2 heterocycles. The molecule has 1 aliphatic heterocycles. The lowest BCUT2D eigenvalue weighted by Crippen LogP contribution is -2.32. The Morgan fingerprint density at radius 3 is 2.96 bits per heavy atom. The molecule has 0 amide bonds. The molecule has 1 aromatic heterocycles. The Labute approximate surface area is 159 Å². The lowest BCUT2D eigenvalue weighted by Gasteiger charge is -2.16. The van der Waals surface area contributed by atoms with Crippen LogP contribution in [0, 0.1) is 11.3 Å². The third kappa shape index (κ3) is 2.88. The van der Waals surface area contributed by atoms with Crippen LogP contribution in [0.1, 0.15) is 42.5 Å². The summed E-state index contributed by atoms with van der Waals surface area (Å²) in [5.74, 6) is 1.14. The average molecular weight is 356 g/mol. The van der Waals surface area contributed by atoms with E-state index in [4.69, 9.17) is 4.99 Å². The summed E-state index contributed by atoms with van der Waals surface area (Å²) in [6.45, 7) is 1.01. The Morgan fingerprint density at radius 2 is 2.07 bits per heavy atom. The Bertz CT molecular complexity index is 1020. The van der Waals surface area contributed by atoms with Gasteiger partial charge in [0.2, 0.25) is 0 Å². The van der Waals surface area contributed by atoms with E-state index in [1.807, 2.05) is 6.07 Å². The molecule has 27 heavy (non-hydrogen) atoms. The molecule has 2 aliphatic carbocycles. The van der Waals surface area contributed by atoms with Crippen LogP contribution in [0.4, 0.5) is 0 Å². The first kappa shape index (κ1) is 16.4. The highest BCUT2D eigenvalue weighted by molar-refractivity contribution is 5.87. The van der Waals surface area contributed by atoms with Gasteiger partial charge in [-0.2, -0.15) is 5.26 Å². The van der Waals surface area contributed by atoms with E-state index in [1.165, 1.54) is 35.0 Å². The second kappa shape index (κ2) is 6.74. The van der Waals surface area contributed by atoms with Crippen LogP contribution in [0.15, 0.2) is 47.5 Å². The second-order valence-corrected chi connectivity index (χ2v) is 7.74. The summed E-state index contributed by atoms with van der Waals surface area (Å²) in [5.41, 5.74) is 5.03. The molecule has 4 nitrogen and oxygen atoms in total. The van der Waals surface area contributed by atoms with Crippen LogP contribution < -0.4 is 5.32 Å². The first-order valence-corrected chi connectivity index (χ1v) is 10.1. The third-order valence-corrected chi connectivity index (χ3v) is 6.05. The predicted octanol–water partition coefficient (Wildman–Crippen LogP) is 4.04. The lowest BCUT2D eigenvalue weighted by molar-refractivity contribution is 0.597. The highest BCUT2D eigenvalue weighted by Gasteiger charge is 2.25. The zero-order valence-corrected chi connectivity index (χ0v) is 15.5. The van der Waals surface area contributed by atoms with Gasteiger partial charge >= 0.3 is 0 Å². The lowest BCUT2D eigenvalue weighted by atomic mass is 9.95. The zero-order chi connectivity index (χ0) is 18.2. The summed E-state index contributed by atoms with van der Waals surface area (Å²) in [6, 6.07) is 9.09. The number of benzene rings is 1. The van der Waals surface area contributed by atoms with Crippen molar-refractivity contribution in [2.45, 2.75) is 57.2 Å². The van der Waals surface area contributed by atoms with E-state index < -0.39 is 0 Å². The molecule has 4 heteroatoms. The fourth-order valence-corrected chi connectivity index (χ4v) is 4.76. The predicted molar refractivity (Wildman–Crippen MR) is 109 cm³/mol. The molecule has 0 fully saturated rings. The van der Waals surface area contributed by atoms with Gasteiger partial charge in [-0.15, -0.1) is 0 Å². The largest absolute Gasteiger partial charge is 0.365 e. The molecular formula is C23H24N4. The molecule has 3 aliphatic rings. The van der Waals surface area contributed by atoms with E-state index in [2.05, 4.69) is 52.4 Å². The minimum atomic E-state index is 0.273. The number of hydrogen-bond acceptors (Lipinski definition) is 3. The standard InChI is InChI=1S/C23H24N4/c24-15-16-11-12-22-18(14-16)17-6-1-4-9-21(17)27(22)13-5-10-23-25-19-7-2-3-8-20(19)26-23/h2-3,7-8,11-12,14,19-20H,1,4-6,9-10,13H2,(H,25,26). The number of nitrogens with one attached hydrogen (secondary N) is 1. The number of fused-ring (bicyclic) bond motifs is 4. The van der Waals surface area contributed by atoms with E-state index in [0.29, 0.717) is 6.04 Å². The summed E-state index contributed by atoms with van der Waals surface area (Å²) >= 11 is 0. The molecule has 2 atom stereocenters. The van der Waals surface area contributed by atoms with Gasteiger partial charge in [-0.25, -0.2) is 0 Å². The van der Waals surface area contributed by atoms with Crippen molar-refractivity contribution in [3.63, 3.8) is 0 Å². The number of aliphatic imine (C=N–C) groups is 1. The number of rotatable bonds is 4. The summed E-state index contributed by atoms with van der Waals surface area (Å²) < 4.78 is 2.51. The van der Waals surface area contributed by atoms with Crippen molar-refractivity contribution in [2.24, 2.45) is 4.99 Å². The van der Waals surface area contributed by atoms with Crippen molar-refractivity contribution < 1.29 is 0 Å². The maximum Gasteiger partial charge on any atom is 0.0991 e. The van der Waals surface area contributed by atoms with Gasteiger partial charge < -0.3 is 9.88 Å². The minimum absolute atomic E-state index is 0.273. The first-order chi connectivity index (χ1) is 13.3.